The van der Waals surface area contributed by atoms with E-state index in [0.29, 0.717) is 5.69 Å². The Balaban J connectivity index is 2.46. The third kappa shape index (κ3) is 4.08. The van der Waals surface area contributed by atoms with Crippen molar-refractivity contribution in [3.05, 3.63) is 24.2 Å². The van der Waals surface area contributed by atoms with Crippen molar-refractivity contribution >= 4 is 25.6 Å². The van der Waals surface area contributed by atoms with Crippen LogP contribution in [-0.2, 0) is 24.5 Å². The van der Waals surface area contributed by atoms with Crippen molar-refractivity contribution in [1.29, 1.82) is 0 Å². The molecule has 12 heteroatoms. The Hall–Kier alpha value is -2.47. The molecule has 0 saturated carbocycles. The van der Waals surface area contributed by atoms with E-state index in [1.54, 1.807) is 6.92 Å². The second kappa shape index (κ2) is 6.20. The summed E-state index contributed by atoms with van der Waals surface area (Å²) in [5.74, 6) is -2.68. The molecule has 2 aromatic heterocycles. The SMILES string of the molecule is Cc1cc(-c2[c]nc(S(=O)(=O)CC(=O)O)nc2)nc(S(C)(=O)=O)n1. The van der Waals surface area contributed by atoms with E-state index >= 15 is 0 Å². The average Bonchev–Trinajstić information content (AvgIpc) is 2.44. The van der Waals surface area contributed by atoms with Crippen molar-refractivity contribution in [2.24, 2.45) is 0 Å². The van der Waals surface area contributed by atoms with E-state index in [-0.39, 0.29) is 11.3 Å². The molecule has 10 nitrogen and oxygen atoms in total. The molecule has 0 aliphatic rings. The first-order chi connectivity index (χ1) is 11.0. The van der Waals surface area contributed by atoms with E-state index in [1.165, 1.54) is 6.07 Å². The molecule has 2 aromatic rings. The highest BCUT2D eigenvalue weighted by molar-refractivity contribution is 7.92. The van der Waals surface area contributed by atoms with E-state index in [9.17, 15) is 21.6 Å². The molecule has 0 atom stereocenters. The summed E-state index contributed by atoms with van der Waals surface area (Å²) >= 11 is 0. The summed E-state index contributed by atoms with van der Waals surface area (Å²) in [4.78, 5) is 25.3. The molecule has 127 valence electrons. The van der Waals surface area contributed by atoms with Crippen LogP contribution in [0.4, 0.5) is 0 Å². The number of sulfone groups is 2. The third-order valence-corrected chi connectivity index (χ3v) is 4.83. The zero-order chi connectivity index (χ0) is 18.1. The van der Waals surface area contributed by atoms with E-state index in [0.717, 1.165) is 12.5 Å². The molecule has 0 spiro atoms. The third-order valence-electron chi connectivity index (χ3n) is 2.61. The van der Waals surface area contributed by atoms with Gasteiger partial charge in [0.1, 0.15) is 6.20 Å². The first-order valence-corrected chi connectivity index (χ1v) is 9.79. The highest BCUT2D eigenvalue weighted by atomic mass is 32.2. The predicted molar refractivity (Wildman–Crippen MR) is 79.4 cm³/mol. The van der Waals surface area contributed by atoms with E-state index < -0.39 is 41.7 Å². The molecule has 0 amide bonds. The number of rotatable bonds is 5. The van der Waals surface area contributed by atoms with Gasteiger partial charge in [-0.1, -0.05) is 0 Å². The van der Waals surface area contributed by atoms with E-state index in [4.69, 9.17) is 5.11 Å². The van der Waals surface area contributed by atoms with Gasteiger partial charge in [-0.3, -0.25) is 4.79 Å². The minimum Gasteiger partial charge on any atom is -0.480 e. The number of aromatic nitrogens is 4. The van der Waals surface area contributed by atoms with Crippen molar-refractivity contribution in [3.8, 4) is 11.3 Å². The molecule has 0 unspecified atom stereocenters. The fourth-order valence-corrected chi connectivity index (χ4v) is 3.06. The molecular weight excluding hydrogens is 360 g/mol. The van der Waals surface area contributed by atoms with Crippen molar-refractivity contribution in [2.75, 3.05) is 12.0 Å². The van der Waals surface area contributed by atoms with Crippen LogP contribution in [0, 0.1) is 13.1 Å². The molecule has 1 N–H and O–H groups in total. The van der Waals surface area contributed by atoms with Crippen LogP contribution < -0.4 is 0 Å². The fraction of sp³-hybridized carbons (Fsp3) is 0.250. The summed E-state index contributed by atoms with van der Waals surface area (Å²) in [6.07, 6.45) is 4.39. The first kappa shape index (κ1) is 17.9. The van der Waals surface area contributed by atoms with Crippen LogP contribution in [0.3, 0.4) is 0 Å². The van der Waals surface area contributed by atoms with Gasteiger partial charge in [0.15, 0.2) is 5.75 Å². The maximum absolute atomic E-state index is 11.7. The lowest BCUT2D eigenvalue weighted by atomic mass is 10.2. The lowest BCUT2D eigenvalue weighted by Crippen LogP contribution is -2.17. The van der Waals surface area contributed by atoms with Crippen LogP contribution in [0.2, 0.25) is 0 Å². The van der Waals surface area contributed by atoms with Crippen LogP contribution in [0.5, 0.6) is 0 Å². The maximum Gasteiger partial charge on any atom is 0.319 e. The number of carboxylic acids is 1. The van der Waals surface area contributed by atoms with Gasteiger partial charge in [-0.2, -0.15) is 0 Å². The maximum atomic E-state index is 11.7. The molecule has 0 fully saturated rings. The van der Waals surface area contributed by atoms with Gasteiger partial charge in [0.2, 0.25) is 30.0 Å². The Morgan fingerprint density at radius 1 is 1.21 bits per heavy atom. The molecule has 0 aliphatic carbocycles. The van der Waals surface area contributed by atoms with Gasteiger partial charge in [-0.05, 0) is 13.0 Å². The Labute approximate surface area is 137 Å². The minimum atomic E-state index is -4.18. The van der Waals surface area contributed by atoms with Crippen LogP contribution in [0.25, 0.3) is 11.3 Å². The molecule has 0 aliphatic heterocycles. The monoisotopic (exact) mass is 371 g/mol. The van der Waals surface area contributed by atoms with Crippen molar-refractivity contribution in [2.45, 2.75) is 17.2 Å². The summed E-state index contributed by atoms with van der Waals surface area (Å²) in [7, 11) is -7.82. The fourth-order valence-electron chi connectivity index (χ4n) is 1.63. The molecule has 1 radical (unpaired) electrons. The van der Waals surface area contributed by atoms with Gasteiger partial charge >= 0.3 is 5.97 Å². The molecular formula is C12H11N4O6S2. The highest BCUT2D eigenvalue weighted by Gasteiger charge is 2.22. The number of carboxylic acid groups (broad SMARTS) is 1. The first-order valence-electron chi connectivity index (χ1n) is 6.24. The van der Waals surface area contributed by atoms with Crippen molar-refractivity contribution < 1.29 is 26.7 Å². The van der Waals surface area contributed by atoms with Gasteiger partial charge in [0.05, 0.1) is 5.69 Å². The highest BCUT2D eigenvalue weighted by Crippen LogP contribution is 2.18. The number of aryl methyl sites for hydroxylation is 1. The molecule has 24 heavy (non-hydrogen) atoms. The van der Waals surface area contributed by atoms with Gasteiger partial charge in [-0.25, -0.2) is 36.8 Å². The lowest BCUT2D eigenvalue weighted by Gasteiger charge is -2.05. The van der Waals surface area contributed by atoms with Crippen LogP contribution >= 0.6 is 0 Å². The van der Waals surface area contributed by atoms with Gasteiger partial charge in [0.25, 0.3) is 0 Å². The topological polar surface area (TPSA) is 157 Å². The predicted octanol–water partition coefficient (Wildman–Crippen LogP) is -0.696. The van der Waals surface area contributed by atoms with Crippen molar-refractivity contribution in [3.63, 3.8) is 0 Å². The average molecular weight is 371 g/mol. The van der Waals surface area contributed by atoms with Gasteiger partial charge < -0.3 is 5.11 Å². The summed E-state index contributed by atoms with van der Waals surface area (Å²) in [5.41, 5.74) is 0.654. The largest absolute Gasteiger partial charge is 0.480 e. The van der Waals surface area contributed by atoms with Crippen LogP contribution in [0.15, 0.2) is 22.6 Å². The molecule has 0 saturated heterocycles. The standard InChI is InChI=1S/C12H11N4O6S2/c1-7-3-9(16-12(15-7)23(2,19)20)8-4-13-11(14-5-8)24(21,22)6-10(17)18/h3-4H,6H2,1-2H3,(H,17,18). The zero-order valence-electron chi connectivity index (χ0n) is 12.5. The summed E-state index contributed by atoms with van der Waals surface area (Å²) in [6, 6.07) is 1.45. The second-order valence-electron chi connectivity index (χ2n) is 4.78. The number of nitrogens with zero attached hydrogens (tertiary/aromatic N) is 4. The minimum absolute atomic E-state index is 0.139. The quantitative estimate of drug-likeness (QED) is 0.666. The number of hydrogen-bond acceptors (Lipinski definition) is 9. The Kier molecular flexibility index (Phi) is 4.62. The normalized spacial score (nSPS) is 12.1. The molecule has 2 rings (SSSR count). The van der Waals surface area contributed by atoms with Gasteiger partial charge in [-0.15, -0.1) is 0 Å². The molecule has 2 heterocycles. The Morgan fingerprint density at radius 2 is 1.88 bits per heavy atom. The summed E-state index contributed by atoms with van der Waals surface area (Å²) < 4.78 is 46.5. The summed E-state index contributed by atoms with van der Waals surface area (Å²) in [6.45, 7) is 1.56. The number of carbonyl (C=O) groups is 1. The Bertz CT molecular complexity index is 1000. The van der Waals surface area contributed by atoms with Gasteiger partial charge in [0, 0.05) is 23.7 Å². The van der Waals surface area contributed by atoms with E-state index in [2.05, 4.69) is 26.1 Å². The second-order valence-corrected chi connectivity index (χ2v) is 8.57. The van der Waals surface area contributed by atoms with Crippen LogP contribution in [0.1, 0.15) is 5.69 Å². The Morgan fingerprint density at radius 3 is 2.38 bits per heavy atom. The molecule has 0 aromatic carbocycles. The van der Waals surface area contributed by atoms with Crippen molar-refractivity contribution in [1.82, 2.24) is 19.9 Å². The molecule has 0 bridgehead atoms. The van der Waals surface area contributed by atoms with E-state index in [1.807, 2.05) is 0 Å². The van der Waals surface area contributed by atoms with Crippen LogP contribution in [-0.4, -0.2) is 59.9 Å². The lowest BCUT2D eigenvalue weighted by molar-refractivity contribution is -0.134. The zero-order valence-corrected chi connectivity index (χ0v) is 14.1. The summed E-state index contributed by atoms with van der Waals surface area (Å²) in [5, 5.41) is 7.47. The number of hydrogen-bond donors (Lipinski definition) is 1. The number of aliphatic carboxylic acids is 1. The smallest absolute Gasteiger partial charge is 0.319 e.